The van der Waals surface area contributed by atoms with Gasteiger partial charge in [0.05, 0.1) is 0 Å². The molecule has 4 aliphatic rings. The van der Waals surface area contributed by atoms with Gasteiger partial charge in [0.1, 0.15) is 6.33 Å². The zero-order valence-corrected chi connectivity index (χ0v) is 11.7. The van der Waals surface area contributed by atoms with E-state index in [-0.39, 0.29) is 6.04 Å². The predicted molar refractivity (Wildman–Crippen MR) is 74.2 cm³/mol. The van der Waals surface area contributed by atoms with E-state index < -0.39 is 0 Å². The van der Waals surface area contributed by atoms with E-state index in [1.807, 2.05) is 12.4 Å². The monoisotopic (exact) mass is 257 g/mol. The molecule has 4 saturated carbocycles. The number of aromatic nitrogens is 2. The van der Waals surface area contributed by atoms with Crippen LogP contribution in [-0.4, -0.2) is 9.97 Å². The fraction of sp³-hybridized carbons (Fsp3) is 0.750. The summed E-state index contributed by atoms with van der Waals surface area (Å²) in [6.07, 6.45) is 13.7. The lowest BCUT2D eigenvalue weighted by Crippen LogP contribution is -2.54. The van der Waals surface area contributed by atoms with Crippen molar-refractivity contribution in [3.05, 3.63) is 24.3 Å². The molecule has 1 heterocycles. The minimum Gasteiger partial charge on any atom is -0.323 e. The molecule has 0 spiro atoms. The highest BCUT2D eigenvalue weighted by molar-refractivity contribution is 5.18. The molecule has 4 fully saturated rings. The Morgan fingerprint density at radius 3 is 2.37 bits per heavy atom. The largest absolute Gasteiger partial charge is 0.323 e. The van der Waals surface area contributed by atoms with E-state index in [1.165, 1.54) is 38.5 Å². The Hall–Kier alpha value is -0.960. The van der Waals surface area contributed by atoms with Crippen LogP contribution in [0.5, 0.6) is 0 Å². The summed E-state index contributed by atoms with van der Waals surface area (Å²) < 4.78 is 0. The number of nitrogens with zero attached hydrogens (tertiary/aromatic N) is 2. The normalized spacial score (nSPS) is 45.4. The Balaban J connectivity index is 1.70. The molecular formula is C16H23N3. The van der Waals surface area contributed by atoms with E-state index in [4.69, 9.17) is 5.73 Å². The van der Waals surface area contributed by atoms with Crippen molar-refractivity contribution in [2.45, 2.75) is 51.5 Å². The third-order valence-corrected chi connectivity index (χ3v) is 6.00. The van der Waals surface area contributed by atoms with Gasteiger partial charge in [0.15, 0.2) is 0 Å². The van der Waals surface area contributed by atoms with Crippen LogP contribution in [0.25, 0.3) is 0 Å². The van der Waals surface area contributed by atoms with Crippen molar-refractivity contribution in [1.82, 2.24) is 9.97 Å². The lowest BCUT2D eigenvalue weighted by molar-refractivity contribution is -0.113. The molecule has 2 N–H and O–H groups in total. The van der Waals surface area contributed by atoms with Crippen LogP contribution in [-0.2, 0) is 0 Å². The Morgan fingerprint density at radius 1 is 1.16 bits per heavy atom. The molecule has 5 rings (SSSR count). The molecule has 0 radical (unpaired) electrons. The van der Waals surface area contributed by atoms with Crippen molar-refractivity contribution < 1.29 is 0 Å². The van der Waals surface area contributed by atoms with Crippen molar-refractivity contribution in [2.24, 2.45) is 28.4 Å². The van der Waals surface area contributed by atoms with Crippen molar-refractivity contribution in [1.29, 1.82) is 0 Å². The predicted octanol–water partition coefficient (Wildman–Crippen LogP) is 3.08. The Morgan fingerprint density at radius 2 is 1.79 bits per heavy atom. The molecule has 3 nitrogen and oxygen atoms in total. The average molecular weight is 257 g/mol. The quantitative estimate of drug-likeness (QED) is 0.885. The third-order valence-electron chi connectivity index (χ3n) is 6.00. The van der Waals surface area contributed by atoms with Crippen LogP contribution < -0.4 is 5.73 Å². The standard InChI is InChI=1S/C16H23N3/c1-15-3-11-2-12(4-15)6-16(5-11,9-15)14(17)13-7-18-10-19-8-13/h7-8,10-12,14H,2-6,9,17H2,1H3. The van der Waals surface area contributed by atoms with Gasteiger partial charge >= 0.3 is 0 Å². The molecular weight excluding hydrogens is 234 g/mol. The molecule has 0 saturated heterocycles. The lowest BCUT2D eigenvalue weighted by atomic mass is 9.43. The van der Waals surface area contributed by atoms with Gasteiger partial charge < -0.3 is 5.73 Å². The second-order valence-corrected chi connectivity index (χ2v) is 7.78. The number of hydrogen-bond donors (Lipinski definition) is 1. The van der Waals surface area contributed by atoms with Gasteiger partial charge in [0.25, 0.3) is 0 Å². The highest BCUT2D eigenvalue weighted by Gasteiger charge is 2.57. The fourth-order valence-electron chi connectivity index (χ4n) is 5.99. The molecule has 0 aromatic carbocycles. The summed E-state index contributed by atoms with van der Waals surface area (Å²) in [4.78, 5) is 8.32. The molecule has 3 heteroatoms. The van der Waals surface area contributed by atoms with Crippen LogP contribution in [0.15, 0.2) is 18.7 Å². The first-order valence-electron chi connectivity index (χ1n) is 7.59. The summed E-state index contributed by atoms with van der Waals surface area (Å²) in [5.74, 6) is 1.84. The molecule has 0 aliphatic heterocycles. The van der Waals surface area contributed by atoms with Crippen LogP contribution in [0, 0.1) is 22.7 Å². The Labute approximate surface area is 115 Å². The van der Waals surface area contributed by atoms with E-state index in [9.17, 15) is 0 Å². The minimum absolute atomic E-state index is 0.124. The highest BCUT2D eigenvalue weighted by atomic mass is 14.8. The summed E-state index contributed by atoms with van der Waals surface area (Å²) in [7, 11) is 0. The van der Waals surface area contributed by atoms with Gasteiger partial charge in [-0.3, -0.25) is 0 Å². The topological polar surface area (TPSA) is 51.8 Å². The molecule has 4 aliphatic carbocycles. The van der Waals surface area contributed by atoms with Crippen molar-refractivity contribution in [3.8, 4) is 0 Å². The van der Waals surface area contributed by atoms with Gasteiger partial charge in [-0.25, -0.2) is 9.97 Å². The van der Waals surface area contributed by atoms with E-state index >= 15 is 0 Å². The average Bonchev–Trinajstić information content (AvgIpc) is 2.36. The van der Waals surface area contributed by atoms with Crippen LogP contribution >= 0.6 is 0 Å². The first-order chi connectivity index (χ1) is 9.09. The second-order valence-electron chi connectivity index (χ2n) is 7.78. The summed E-state index contributed by atoms with van der Waals surface area (Å²) in [6.45, 7) is 2.49. The molecule has 102 valence electrons. The van der Waals surface area contributed by atoms with Crippen LogP contribution in [0.4, 0.5) is 0 Å². The van der Waals surface area contributed by atoms with Crippen LogP contribution in [0.1, 0.15) is 57.1 Å². The lowest BCUT2D eigenvalue weighted by Gasteiger charge is -2.63. The zero-order chi connectivity index (χ0) is 13.1. The molecule has 4 bridgehead atoms. The van der Waals surface area contributed by atoms with Gasteiger partial charge in [-0.1, -0.05) is 6.92 Å². The summed E-state index contributed by atoms with van der Waals surface area (Å²) in [5.41, 5.74) is 8.68. The van der Waals surface area contributed by atoms with E-state index in [0.29, 0.717) is 10.8 Å². The maximum Gasteiger partial charge on any atom is 0.115 e. The second kappa shape index (κ2) is 3.78. The molecule has 3 atom stereocenters. The Kier molecular flexibility index (Phi) is 2.36. The highest BCUT2D eigenvalue weighted by Crippen LogP contribution is 2.67. The molecule has 3 unspecified atom stereocenters. The maximum atomic E-state index is 6.67. The minimum atomic E-state index is 0.124. The van der Waals surface area contributed by atoms with Gasteiger partial charge in [0, 0.05) is 24.0 Å². The smallest absolute Gasteiger partial charge is 0.115 e. The van der Waals surface area contributed by atoms with Crippen molar-refractivity contribution >= 4 is 0 Å². The number of nitrogens with two attached hydrogens (primary N) is 1. The van der Waals surface area contributed by atoms with E-state index in [2.05, 4.69) is 16.9 Å². The van der Waals surface area contributed by atoms with Gasteiger partial charge in [-0.15, -0.1) is 0 Å². The fourth-order valence-corrected chi connectivity index (χ4v) is 5.99. The number of rotatable bonds is 2. The van der Waals surface area contributed by atoms with Gasteiger partial charge in [0.2, 0.25) is 0 Å². The molecule has 1 aromatic rings. The molecule has 19 heavy (non-hydrogen) atoms. The zero-order valence-electron chi connectivity index (χ0n) is 11.7. The van der Waals surface area contributed by atoms with Crippen molar-refractivity contribution in [3.63, 3.8) is 0 Å². The third kappa shape index (κ3) is 1.74. The van der Waals surface area contributed by atoms with Gasteiger partial charge in [-0.2, -0.15) is 0 Å². The van der Waals surface area contributed by atoms with E-state index in [0.717, 1.165) is 17.4 Å². The maximum absolute atomic E-state index is 6.67. The van der Waals surface area contributed by atoms with E-state index in [1.54, 1.807) is 6.33 Å². The summed E-state index contributed by atoms with van der Waals surface area (Å²) in [5, 5.41) is 0. The first kappa shape index (κ1) is 11.8. The van der Waals surface area contributed by atoms with Crippen molar-refractivity contribution in [2.75, 3.05) is 0 Å². The molecule has 0 amide bonds. The summed E-state index contributed by atoms with van der Waals surface area (Å²) >= 11 is 0. The number of hydrogen-bond acceptors (Lipinski definition) is 3. The summed E-state index contributed by atoms with van der Waals surface area (Å²) in [6, 6.07) is 0.124. The Bertz CT molecular complexity index is 470. The SMILES string of the molecule is CC12CC3CC(C1)CC(C(N)c1cncnc1)(C3)C2. The van der Waals surface area contributed by atoms with Gasteiger partial charge in [-0.05, 0) is 61.2 Å². The van der Waals surface area contributed by atoms with Crippen LogP contribution in [0.3, 0.4) is 0 Å². The van der Waals surface area contributed by atoms with Crippen LogP contribution in [0.2, 0.25) is 0 Å². The molecule has 1 aromatic heterocycles. The first-order valence-corrected chi connectivity index (χ1v) is 7.59.